The molecule has 0 saturated heterocycles. The van der Waals surface area contributed by atoms with Gasteiger partial charge in [-0.25, -0.2) is 4.79 Å². The maximum atomic E-state index is 11.6. The first-order chi connectivity index (χ1) is 10.3. The molecule has 1 aromatic carbocycles. The smallest absolute Gasteiger partial charge is 0.337 e. The van der Waals surface area contributed by atoms with Crippen LogP contribution >= 0.6 is 0 Å². The number of nitrogens with zero attached hydrogens (tertiary/aromatic N) is 2. The number of hydrogen-bond acceptors (Lipinski definition) is 3. The molecule has 2 aromatic rings. The lowest BCUT2D eigenvalue weighted by Crippen LogP contribution is -2.11. The lowest BCUT2D eigenvalue weighted by atomic mass is 9.97. The molecule has 1 saturated carbocycles. The summed E-state index contributed by atoms with van der Waals surface area (Å²) in [5.74, 6) is -0.308. The molecule has 4 nitrogen and oxygen atoms in total. The first-order valence-electron chi connectivity index (χ1n) is 7.85. The van der Waals surface area contributed by atoms with Crippen LogP contribution < -0.4 is 0 Å². The van der Waals surface area contributed by atoms with Crippen LogP contribution in [0, 0.1) is 0 Å². The zero-order valence-electron chi connectivity index (χ0n) is 12.5. The number of carbonyl (C=O) groups excluding carboxylic acids is 1. The first-order valence-corrected chi connectivity index (χ1v) is 7.85. The van der Waals surface area contributed by atoms with Gasteiger partial charge in [0.15, 0.2) is 0 Å². The zero-order valence-corrected chi connectivity index (χ0v) is 12.5. The van der Waals surface area contributed by atoms with Crippen molar-refractivity contribution in [3.05, 3.63) is 30.0 Å². The number of esters is 1. The fourth-order valence-electron chi connectivity index (χ4n) is 3.17. The Morgan fingerprint density at radius 1 is 1.19 bits per heavy atom. The van der Waals surface area contributed by atoms with Crippen LogP contribution in [0.15, 0.2) is 24.4 Å². The number of fused-ring (bicyclic) bond motifs is 1. The van der Waals surface area contributed by atoms with Crippen molar-refractivity contribution in [3.63, 3.8) is 0 Å². The lowest BCUT2D eigenvalue weighted by molar-refractivity contribution is 0.0601. The maximum absolute atomic E-state index is 11.6. The van der Waals surface area contributed by atoms with E-state index < -0.39 is 0 Å². The monoisotopic (exact) mass is 286 g/mol. The molecule has 3 rings (SSSR count). The standard InChI is InChI=1S/C17H22N2O2/c1-21-17(20)13-9-10-14-12-19(18-16(14)11-13)15-7-5-3-2-4-6-8-15/h9-12,15H,2-8H2,1H3. The summed E-state index contributed by atoms with van der Waals surface area (Å²) in [6, 6.07) is 6.08. The molecule has 1 heterocycles. The van der Waals surface area contributed by atoms with E-state index in [4.69, 9.17) is 9.84 Å². The molecule has 1 fully saturated rings. The van der Waals surface area contributed by atoms with E-state index in [-0.39, 0.29) is 5.97 Å². The topological polar surface area (TPSA) is 44.1 Å². The van der Waals surface area contributed by atoms with Gasteiger partial charge < -0.3 is 4.74 Å². The fraction of sp³-hybridized carbons (Fsp3) is 0.529. The van der Waals surface area contributed by atoms with Crippen molar-refractivity contribution in [1.29, 1.82) is 0 Å². The van der Waals surface area contributed by atoms with Crippen LogP contribution in [0.25, 0.3) is 10.9 Å². The van der Waals surface area contributed by atoms with Crippen molar-refractivity contribution in [2.45, 2.75) is 51.0 Å². The van der Waals surface area contributed by atoms with Crippen LogP contribution in [0.2, 0.25) is 0 Å². The van der Waals surface area contributed by atoms with E-state index in [2.05, 4.69) is 10.9 Å². The quantitative estimate of drug-likeness (QED) is 0.780. The van der Waals surface area contributed by atoms with Crippen molar-refractivity contribution in [1.82, 2.24) is 9.78 Å². The third kappa shape index (κ3) is 3.09. The average molecular weight is 286 g/mol. The van der Waals surface area contributed by atoms with Gasteiger partial charge in [-0.3, -0.25) is 4.68 Å². The Bertz CT molecular complexity index is 625. The van der Waals surface area contributed by atoms with E-state index in [1.165, 1.54) is 52.1 Å². The second kappa shape index (κ2) is 6.29. The van der Waals surface area contributed by atoms with E-state index in [1.807, 2.05) is 12.1 Å². The highest BCUT2D eigenvalue weighted by atomic mass is 16.5. The summed E-state index contributed by atoms with van der Waals surface area (Å²) < 4.78 is 6.87. The Morgan fingerprint density at radius 2 is 1.90 bits per heavy atom. The minimum Gasteiger partial charge on any atom is -0.465 e. The largest absolute Gasteiger partial charge is 0.465 e. The van der Waals surface area contributed by atoms with Gasteiger partial charge in [0.2, 0.25) is 0 Å². The van der Waals surface area contributed by atoms with E-state index in [9.17, 15) is 4.79 Å². The number of benzene rings is 1. The molecule has 4 heteroatoms. The summed E-state index contributed by atoms with van der Waals surface area (Å²) in [7, 11) is 1.40. The number of methoxy groups -OCH3 is 1. The van der Waals surface area contributed by atoms with Gasteiger partial charge in [0.1, 0.15) is 0 Å². The summed E-state index contributed by atoms with van der Waals surface area (Å²) in [5.41, 5.74) is 1.44. The second-order valence-electron chi connectivity index (χ2n) is 5.87. The second-order valence-corrected chi connectivity index (χ2v) is 5.87. The molecule has 1 aliphatic rings. The molecule has 0 atom stereocenters. The molecule has 0 radical (unpaired) electrons. The van der Waals surface area contributed by atoms with E-state index in [1.54, 1.807) is 6.07 Å². The molecule has 112 valence electrons. The Hall–Kier alpha value is -1.84. The molecule has 0 spiro atoms. The number of rotatable bonds is 2. The van der Waals surface area contributed by atoms with Crippen LogP contribution in [0.4, 0.5) is 0 Å². The number of hydrogen-bond donors (Lipinski definition) is 0. The molecular formula is C17H22N2O2. The maximum Gasteiger partial charge on any atom is 0.337 e. The summed E-state index contributed by atoms with van der Waals surface area (Å²) >= 11 is 0. The summed E-state index contributed by atoms with van der Waals surface area (Å²) in [6.45, 7) is 0. The van der Waals surface area contributed by atoms with E-state index in [0.29, 0.717) is 11.6 Å². The third-order valence-electron chi connectivity index (χ3n) is 4.39. The van der Waals surface area contributed by atoms with Gasteiger partial charge >= 0.3 is 5.97 Å². The van der Waals surface area contributed by atoms with Crippen molar-refractivity contribution < 1.29 is 9.53 Å². The molecule has 0 unspecified atom stereocenters. The molecule has 21 heavy (non-hydrogen) atoms. The van der Waals surface area contributed by atoms with Gasteiger partial charge in [0.25, 0.3) is 0 Å². The molecule has 0 N–H and O–H groups in total. The Kier molecular flexibility index (Phi) is 4.23. The van der Waals surface area contributed by atoms with Crippen molar-refractivity contribution in [3.8, 4) is 0 Å². The van der Waals surface area contributed by atoms with E-state index in [0.717, 1.165) is 10.9 Å². The average Bonchev–Trinajstić information content (AvgIpc) is 2.88. The number of aromatic nitrogens is 2. The number of carbonyl (C=O) groups is 1. The van der Waals surface area contributed by atoms with Crippen LogP contribution in [0.1, 0.15) is 61.3 Å². The van der Waals surface area contributed by atoms with Crippen LogP contribution in [-0.2, 0) is 4.74 Å². The van der Waals surface area contributed by atoms with Crippen molar-refractivity contribution in [2.24, 2.45) is 0 Å². The summed E-state index contributed by atoms with van der Waals surface area (Å²) in [4.78, 5) is 11.6. The molecule has 0 amide bonds. The van der Waals surface area contributed by atoms with Gasteiger partial charge in [0, 0.05) is 11.6 Å². The summed E-state index contributed by atoms with van der Waals surface area (Å²) in [6.07, 6.45) is 11.1. The highest BCUT2D eigenvalue weighted by molar-refractivity contribution is 5.94. The van der Waals surface area contributed by atoms with Gasteiger partial charge in [-0.05, 0) is 25.0 Å². The van der Waals surface area contributed by atoms with Crippen molar-refractivity contribution in [2.75, 3.05) is 7.11 Å². The Morgan fingerprint density at radius 3 is 2.62 bits per heavy atom. The van der Waals surface area contributed by atoms with Crippen molar-refractivity contribution >= 4 is 16.9 Å². The third-order valence-corrected chi connectivity index (χ3v) is 4.39. The molecule has 0 bridgehead atoms. The SMILES string of the molecule is COC(=O)c1ccc2cn(C3CCCCCCC3)nc2c1. The minimum atomic E-state index is -0.308. The lowest BCUT2D eigenvalue weighted by Gasteiger charge is -2.19. The first kappa shape index (κ1) is 14.1. The van der Waals surface area contributed by atoms with Gasteiger partial charge in [-0.1, -0.05) is 38.2 Å². The molecule has 0 aliphatic heterocycles. The number of ether oxygens (including phenoxy) is 1. The van der Waals surface area contributed by atoms with Gasteiger partial charge in [-0.2, -0.15) is 5.10 Å². The Labute approximate surface area is 125 Å². The zero-order chi connectivity index (χ0) is 14.7. The predicted molar refractivity (Wildman–Crippen MR) is 82.4 cm³/mol. The van der Waals surface area contributed by atoms with Gasteiger partial charge in [-0.15, -0.1) is 0 Å². The highest BCUT2D eigenvalue weighted by Gasteiger charge is 2.15. The fourth-order valence-corrected chi connectivity index (χ4v) is 3.17. The van der Waals surface area contributed by atoms with Crippen LogP contribution in [0.3, 0.4) is 0 Å². The van der Waals surface area contributed by atoms with Crippen LogP contribution in [0.5, 0.6) is 0 Å². The molecule has 1 aromatic heterocycles. The Balaban J connectivity index is 1.87. The van der Waals surface area contributed by atoms with E-state index >= 15 is 0 Å². The molecular weight excluding hydrogens is 264 g/mol. The minimum absolute atomic E-state index is 0.308. The molecule has 1 aliphatic carbocycles. The van der Waals surface area contributed by atoms with Gasteiger partial charge in [0.05, 0.1) is 24.2 Å². The van der Waals surface area contributed by atoms with Crippen LogP contribution in [-0.4, -0.2) is 22.9 Å². The normalized spacial score (nSPS) is 17.4. The summed E-state index contributed by atoms with van der Waals surface area (Å²) in [5, 5.41) is 5.78. The highest BCUT2D eigenvalue weighted by Crippen LogP contribution is 2.27. The predicted octanol–water partition coefficient (Wildman–Crippen LogP) is 4.11.